The zero-order valence-corrected chi connectivity index (χ0v) is 12.5. The lowest BCUT2D eigenvalue weighted by atomic mass is 9.83. The van der Waals surface area contributed by atoms with Gasteiger partial charge in [0.05, 0.1) is 6.04 Å². The Hall–Kier alpha value is -0.480. The van der Waals surface area contributed by atoms with Crippen molar-refractivity contribution in [2.24, 2.45) is 5.92 Å². The topological polar surface area (TPSA) is 3.24 Å². The lowest BCUT2D eigenvalue weighted by molar-refractivity contribution is 0.151. The minimum Gasteiger partial charge on any atom is -0.290 e. The number of nitrogens with zero attached hydrogens (tertiary/aromatic N) is 1. The summed E-state index contributed by atoms with van der Waals surface area (Å²) in [7, 11) is 0. The van der Waals surface area contributed by atoms with Crippen LogP contribution in [0.4, 0.5) is 0 Å². The molecule has 0 spiro atoms. The highest BCUT2D eigenvalue weighted by molar-refractivity contribution is 5.04. The predicted octanol–water partition coefficient (Wildman–Crippen LogP) is 4.47. The molecule has 0 bridgehead atoms. The van der Waals surface area contributed by atoms with Gasteiger partial charge in [0.1, 0.15) is 0 Å². The third-order valence-electron chi connectivity index (χ3n) is 4.26. The number of rotatable bonds is 8. The summed E-state index contributed by atoms with van der Waals surface area (Å²) in [6.45, 7) is 6.93. The molecule has 1 unspecified atom stereocenters. The Balaban J connectivity index is 2.56. The van der Waals surface area contributed by atoms with Crippen LogP contribution in [0.2, 0.25) is 0 Å². The predicted molar refractivity (Wildman–Crippen MR) is 80.6 cm³/mol. The van der Waals surface area contributed by atoms with E-state index in [0.717, 1.165) is 5.92 Å². The van der Waals surface area contributed by atoms with Gasteiger partial charge in [-0.15, -0.1) is 6.42 Å². The Morgan fingerprint density at radius 2 is 1.61 bits per heavy atom. The lowest BCUT2D eigenvalue weighted by Gasteiger charge is -2.36. The second-order valence-electron chi connectivity index (χ2n) is 5.75. The first-order valence-corrected chi connectivity index (χ1v) is 8.03. The highest BCUT2D eigenvalue weighted by Crippen LogP contribution is 2.29. The Kier molecular flexibility index (Phi) is 8.18. The van der Waals surface area contributed by atoms with Crippen LogP contribution in [-0.2, 0) is 0 Å². The Morgan fingerprint density at radius 3 is 2.06 bits per heavy atom. The van der Waals surface area contributed by atoms with Crippen molar-refractivity contribution in [3.8, 4) is 12.3 Å². The number of hydrogen-bond acceptors (Lipinski definition) is 1. The van der Waals surface area contributed by atoms with Crippen LogP contribution in [0.5, 0.6) is 0 Å². The Morgan fingerprint density at radius 1 is 1.06 bits per heavy atom. The summed E-state index contributed by atoms with van der Waals surface area (Å²) in [6.07, 6.45) is 17.9. The van der Waals surface area contributed by atoms with Gasteiger partial charge in [-0.2, -0.15) is 0 Å². The van der Waals surface area contributed by atoms with Crippen molar-refractivity contribution in [1.82, 2.24) is 4.90 Å². The van der Waals surface area contributed by atoms with Crippen LogP contribution < -0.4 is 0 Å². The molecule has 1 aliphatic rings. The zero-order valence-electron chi connectivity index (χ0n) is 12.5. The number of terminal acetylenes is 1. The first-order valence-electron chi connectivity index (χ1n) is 8.03. The molecule has 1 nitrogen and oxygen atoms in total. The maximum absolute atomic E-state index is 5.86. The van der Waals surface area contributed by atoms with Crippen LogP contribution in [-0.4, -0.2) is 24.0 Å². The van der Waals surface area contributed by atoms with Gasteiger partial charge in [-0.1, -0.05) is 51.9 Å². The molecule has 0 N–H and O–H groups in total. The molecule has 0 radical (unpaired) electrons. The standard InChI is InChI=1S/C17H31N/c1-4-7-14-18(15-8-5-2)17(6-3)16-12-10-9-11-13-16/h3,16-17H,4-5,7-15H2,1-2H3. The van der Waals surface area contributed by atoms with Gasteiger partial charge < -0.3 is 0 Å². The van der Waals surface area contributed by atoms with Crippen LogP contribution in [0.25, 0.3) is 0 Å². The number of hydrogen-bond donors (Lipinski definition) is 0. The number of unbranched alkanes of at least 4 members (excludes halogenated alkanes) is 2. The second kappa shape index (κ2) is 9.45. The highest BCUT2D eigenvalue weighted by atomic mass is 15.1. The smallest absolute Gasteiger partial charge is 0.0740 e. The molecular weight excluding hydrogens is 218 g/mol. The molecule has 1 heteroatoms. The van der Waals surface area contributed by atoms with Crippen molar-refractivity contribution in [2.45, 2.75) is 77.7 Å². The summed E-state index contributed by atoms with van der Waals surface area (Å²) >= 11 is 0. The summed E-state index contributed by atoms with van der Waals surface area (Å²) in [5.41, 5.74) is 0. The normalized spacial score (nSPS) is 18.8. The molecule has 0 aromatic rings. The first kappa shape index (κ1) is 15.6. The van der Waals surface area contributed by atoms with E-state index < -0.39 is 0 Å². The highest BCUT2D eigenvalue weighted by Gasteiger charge is 2.26. The monoisotopic (exact) mass is 249 g/mol. The van der Waals surface area contributed by atoms with Crippen molar-refractivity contribution in [3.05, 3.63) is 0 Å². The first-order chi connectivity index (χ1) is 8.83. The molecule has 1 atom stereocenters. The Labute approximate surface area is 114 Å². The largest absolute Gasteiger partial charge is 0.290 e. The van der Waals surface area contributed by atoms with Crippen LogP contribution in [0, 0.1) is 18.3 Å². The maximum Gasteiger partial charge on any atom is 0.0740 e. The molecule has 0 aliphatic heterocycles. The van der Waals surface area contributed by atoms with Gasteiger partial charge >= 0.3 is 0 Å². The van der Waals surface area contributed by atoms with E-state index in [1.807, 2.05) is 0 Å². The van der Waals surface area contributed by atoms with Gasteiger partial charge in [-0.3, -0.25) is 4.90 Å². The van der Waals surface area contributed by atoms with Crippen molar-refractivity contribution in [3.63, 3.8) is 0 Å². The molecule has 0 aromatic heterocycles. The molecule has 0 aromatic carbocycles. The van der Waals surface area contributed by atoms with E-state index in [1.54, 1.807) is 0 Å². The SMILES string of the molecule is C#CC(C1CCCCC1)N(CCCC)CCCC. The molecule has 0 heterocycles. The van der Waals surface area contributed by atoms with Gasteiger partial charge in [-0.05, 0) is 44.7 Å². The Bertz CT molecular complexity index is 226. The van der Waals surface area contributed by atoms with Gasteiger partial charge in [0.25, 0.3) is 0 Å². The van der Waals surface area contributed by atoms with Gasteiger partial charge in [-0.25, -0.2) is 0 Å². The molecule has 0 amide bonds. The third kappa shape index (κ3) is 5.02. The fraction of sp³-hybridized carbons (Fsp3) is 0.882. The van der Waals surface area contributed by atoms with Crippen molar-refractivity contribution in [1.29, 1.82) is 0 Å². The molecule has 104 valence electrons. The lowest BCUT2D eigenvalue weighted by Crippen LogP contribution is -2.41. The van der Waals surface area contributed by atoms with Crippen LogP contribution in [0.15, 0.2) is 0 Å². The van der Waals surface area contributed by atoms with Crippen molar-refractivity contribution >= 4 is 0 Å². The van der Waals surface area contributed by atoms with Crippen LogP contribution in [0.3, 0.4) is 0 Å². The van der Waals surface area contributed by atoms with Gasteiger partial charge in [0.15, 0.2) is 0 Å². The van der Waals surface area contributed by atoms with E-state index in [2.05, 4.69) is 24.7 Å². The molecule has 1 rings (SSSR count). The fourth-order valence-electron chi connectivity index (χ4n) is 3.10. The summed E-state index contributed by atoms with van der Waals surface area (Å²) in [5, 5.41) is 0. The van der Waals surface area contributed by atoms with Gasteiger partial charge in [0, 0.05) is 0 Å². The summed E-state index contributed by atoms with van der Waals surface area (Å²) in [6, 6.07) is 0.406. The van der Waals surface area contributed by atoms with Crippen LogP contribution >= 0.6 is 0 Å². The van der Waals surface area contributed by atoms with Crippen molar-refractivity contribution in [2.75, 3.05) is 13.1 Å². The van der Waals surface area contributed by atoms with Gasteiger partial charge in [0.2, 0.25) is 0 Å². The van der Waals surface area contributed by atoms with E-state index in [-0.39, 0.29) is 0 Å². The quantitative estimate of drug-likeness (QED) is 0.574. The average Bonchev–Trinajstić information content (AvgIpc) is 2.43. The zero-order chi connectivity index (χ0) is 13.2. The molecule has 1 aliphatic carbocycles. The molecule has 1 saturated carbocycles. The average molecular weight is 249 g/mol. The third-order valence-corrected chi connectivity index (χ3v) is 4.26. The minimum atomic E-state index is 0.406. The minimum absolute atomic E-state index is 0.406. The summed E-state index contributed by atoms with van der Waals surface area (Å²) < 4.78 is 0. The molecule has 1 fully saturated rings. The van der Waals surface area contributed by atoms with E-state index in [9.17, 15) is 0 Å². The summed E-state index contributed by atoms with van der Waals surface area (Å²) in [4.78, 5) is 2.60. The van der Waals surface area contributed by atoms with E-state index in [0.29, 0.717) is 6.04 Å². The fourth-order valence-corrected chi connectivity index (χ4v) is 3.10. The second-order valence-corrected chi connectivity index (χ2v) is 5.75. The molecular formula is C17H31N. The van der Waals surface area contributed by atoms with Crippen molar-refractivity contribution < 1.29 is 0 Å². The van der Waals surface area contributed by atoms with E-state index in [1.165, 1.54) is 70.9 Å². The maximum atomic E-state index is 5.86. The molecule has 18 heavy (non-hydrogen) atoms. The van der Waals surface area contributed by atoms with Crippen LogP contribution in [0.1, 0.15) is 71.6 Å². The summed E-state index contributed by atoms with van der Waals surface area (Å²) in [5.74, 6) is 3.88. The molecule has 0 saturated heterocycles. The van der Waals surface area contributed by atoms with E-state index in [4.69, 9.17) is 6.42 Å². The van der Waals surface area contributed by atoms with E-state index >= 15 is 0 Å².